The van der Waals surface area contributed by atoms with Gasteiger partial charge in [-0.25, -0.2) is 9.97 Å². The topological polar surface area (TPSA) is 124 Å². The first-order valence-electron chi connectivity index (χ1n) is 14.8. The van der Waals surface area contributed by atoms with Crippen molar-refractivity contribution in [3.05, 3.63) is 39.4 Å². The molecule has 4 N–H and O–H groups in total. The summed E-state index contributed by atoms with van der Waals surface area (Å²) < 4.78 is 44.9. The zero-order valence-electron chi connectivity index (χ0n) is 25.2. The molecule has 2 amide bonds. The molecule has 0 atom stereocenters. The van der Waals surface area contributed by atoms with Crippen molar-refractivity contribution in [2.45, 2.75) is 65.2 Å². The number of imidazole rings is 1. The van der Waals surface area contributed by atoms with Crippen LogP contribution in [0.15, 0.2) is 18.2 Å². The highest BCUT2D eigenvalue weighted by molar-refractivity contribution is 6.39. The van der Waals surface area contributed by atoms with Gasteiger partial charge in [-0.15, -0.1) is 0 Å². The molecule has 0 unspecified atom stereocenters. The number of fused-ring (bicyclic) bond motifs is 1. The van der Waals surface area contributed by atoms with Gasteiger partial charge >= 0.3 is 6.18 Å². The number of pyridine rings is 1. The minimum absolute atomic E-state index is 0.0221. The summed E-state index contributed by atoms with van der Waals surface area (Å²) in [6, 6.07) is 4.64. The maximum absolute atomic E-state index is 13.5. The van der Waals surface area contributed by atoms with Crippen LogP contribution in [0, 0.1) is 11.3 Å². The molecule has 2 aliphatic rings. The lowest BCUT2D eigenvalue weighted by Crippen LogP contribution is -2.42. The van der Waals surface area contributed by atoms with E-state index in [9.17, 15) is 22.8 Å². The lowest BCUT2D eigenvalue weighted by atomic mass is 9.85. The maximum atomic E-state index is 13.5. The Morgan fingerprint density at radius 1 is 1.07 bits per heavy atom. The predicted octanol–water partition coefficient (Wildman–Crippen LogP) is 6.36. The number of H-pyrrole nitrogens is 1. The van der Waals surface area contributed by atoms with E-state index >= 15 is 0 Å². The van der Waals surface area contributed by atoms with Crippen LogP contribution < -0.4 is 20.9 Å². The Balaban J connectivity index is 1.39. The van der Waals surface area contributed by atoms with E-state index in [1.807, 2.05) is 25.7 Å². The first-order chi connectivity index (χ1) is 21.2. The Morgan fingerprint density at radius 3 is 2.40 bits per heavy atom. The number of alkyl halides is 3. The fraction of sp³-hybridized carbons (Fsp3) is 0.533. The lowest BCUT2D eigenvalue weighted by molar-refractivity contribution is -0.182. The third kappa shape index (κ3) is 7.75. The zero-order chi connectivity index (χ0) is 32.5. The molecule has 1 aliphatic heterocycles. The summed E-state index contributed by atoms with van der Waals surface area (Å²) in [5, 5.41) is 9.54. The molecule has 1 saturated heterocycles. The van der Waals surface area contributed by atoms with Crippen molar-refractivity contribution >= 4 is 63.6 Å². The number of aromatic amines is 1. The molecule has 244 valence electrons. The highest BCUT2D eigenvalue weighted by atomic mass is 35.5. The van der Waals surface area contributed by atoms with E-state index in [2.05, 4.69) is 25.9 Å². The molecule has 2 fully saturated rings. The summed E-state index contributed by atoms with van der Waals surface area (Å²) in [5.41, 5.74) is 1.52. The van der Waals surface area contributed by atoms with Gasteiger partial charge in [-0.2, -0.15) is 13.2 Å². The second-order valence-electron chi connectivity index (χ2n) is 12.4. The number of benzene rings is 1. The second kappa shape index (κ2) is 13.2. The molecular formula is C30H36Cl2F3N7O3. The van der Waals surface area contributed by atoms with Crippen LogP contribution in [0.1, 0.15) is 62.4 Å². The number of hydrogen-bond donors (Lipinski definition) is 4. The normalized spacial score (nSPS) is 19.4. The molecule has 15 heteroatoms. The van der Waals surface area contributed by atoms with E-state index in [-0.39, 0.29) is 55.7 Å². The average molecular weight is 671 g/mol. The maximum Gasteiger partial charge on any atom is 0.391 e. The molecule has 45 heavy (non-hydrogen) atoms. The lowest BCUT2D eigenvalue weighted by Gasteiger charge is -2.31. The number of rotatable bonds is 7. The number of ether oxygens (including phenoxy) is 1. The van der Waals surface area contributed by atoms with Crippen LogP contribution in [0.3, 0.4) is 0 Å². The standard InChI is InChI=1S/C30H36Cl2F3N7O3/c1-29(2,3)27(44)36-15-16-4-9-20(31)23(22(16)32)39-28-38-21-14-19(25(40-24(21)41-28)42-10-12-45-13-11-42)26(43)37-18-7-5-17(6-8-18)30(33,34)35/h4,9,14,17-18H,5-8,10-13,15H2,1-3H3,(H,36,44)(H,37,43)(H2,38,39,40,41)/t17-,18-. The number of nitrogens with zero attached hydrogens (tertiary/aromatic N) is 3. The molecule has 3 aromatic rings. The third-order valence-electron chi connectivity index (χ3n) is 8.07. The van der Waals surface area contributed by atoms with Crippen molar-refractivity contribution in [3.8, 4) is 0 Å². The summed E-state index contributed by atoms with van der Waals surface area (Å²) in [6.07, 6.45) is -3.78. The van der Waals surface area contributed by atoms with E-state index in [4.69, 9.17) is 32.9 Å². The fourth-order valence-corrected chi connectivity index (χ4v) is 5.94. The van der Waals surface area contributed by atoms with E-state index < -0.39 is 23.4 Å². The van der Waals surface area contributed by atoms with Gasteiger partial charge in [-0.05, 0) is 43.4 Å². The van der Waals surface area contributed by atoms with Crippen molar-refractivity contribution in [3.63, 3.8) is 0 Å². The Labute approximate surface area is 268 Å². The van der Waals surface area contributed by atoms with E-state index in [1.165, 1.54) is 0 Å². The van der Waals surface area contributed by atoms with Crippen LogP contribution in [0.5, 0.6) is 0 Å². The summed E-state index contributed by atoms with van der Waals surface area (Å²) in [7, 11) is 0. The van der Waals surface area contributed by atoms with Crippen LogP contribution in [0.2, 0.25) is 10.0 Å². The SMILES string of the molecule is CC(C)(C)C(=O)NCc1ccc(Cl)c(Nc2nc3cc(C(=O)N[C@H]4CC[C@H](C(F)(F)F)CC4)c(N4CCOCC4)nc3[nH]2)c1Cl. The van der Waals surface area contributed by atoms with Gasteiger partial charge in [0.1, 0.15) is 11.3 Å². The summed E-state index contributed by atoms with van der Waals surface area (Å²) in [4.78, 5) is 40.3. The fourth-order valence-electron chi connectivity index (χ4n) is 5.41. The third-order valence-corrected chi connectivity index (χ3v) is 8.81. The smallest absolute Gasteiger partial charge is 0.378 e. The zero-order valence-corrected chi connectivity index (χ0v) is 26.7. The molecule has 1 aromatic carbocycles. The predicted molar refractivity (Wildman–Crippen MR) is 167 cm³/mol. The van der Waals surface area contributed by atoms with Crippen molar-refractivity contribution in [2.24, 2.45) is 11.3 Å². The van der Waals surface area contributed by atoms with Crippen LogP contribution in [-0.2, 0) is 16.1 Å². The number of nitrogens with one attached hydrogen (secondary N) is 4. The number of amides is 2. The summed E-state index contributed by atoms with van der Waals surface area (Å²) in [6.45, 7) is 7.59. The Morgan fingerprint density at radius 2 is 1.76 bits per heavy atom. The number of hydrogen-bond acceptors (Lipinski definition) is 7. The van der Waals surface area contributed by atoms with Crippen molar-refractivity contribution < 1.29 is 27.5 Å². The Bertz CT molecular complexity index is 1560. The quantitative estimate of drug-likeness (QED) is 0.231. The van der Waals surface area contributed by atoms with Gasteiger partial charge in [0.25, 0.3) is 5.91 Å². The van der Waals surface area contributed by atoms with Gasteiger partial charge in [0, 0.05) is 31.1 Å². The van der Waals surface area contributed by atoms with Gasteiger partial charge < -0.3 is 30.6 Å². The monoisotopic (exact) mass is 669 g/mol. The molecule has 5 rings (SSSR count). The molecule has 1 aliphatic carbocycles. The van der Waals surface area contributed by atoms with Gasteiger partial charge in [0.15, 0.2) is 5.65 Å². The molecular weight excluding hydrogens is 634 g/mol. The van der Waals surface area contributed by atoms with Crippen LogP contribution in [0.25, 0.3) is 11.2 Å². The number of aromatic nitrogens is 3. The van der Waals surface area contributed by atoms with E-state index in [1.54, 1.807) is 18.2 Å². The molecule has 0 spiro atoms. The van der Waals surface area contributed by atoms with Gasteiger partial charge in [0.2, 0.25) is 11.9 Å². The summed E-state index contributed by atoms with van der Waals surface area (Å²) in [5.74, 6) is -1.19. The minimum Gasteiger partial charge on any atom is -0.378 e. The Kier molecular flexibility index (Phi) is 9.71. The number of anilines is 3. The highest BCUT2D eigenvalue weighted by Gasteiger charge is 2.41. The number of morpholine rings is 1. The van der Waals surface area contributed by atoms with Crippen LogP contribution >= 0.6 is 23.2 Å². The average Bonchev–Trinajstić information content (AvgIpc) is 3.39. The Hall–Kier alpha value is -3.29. The summed E-state index contributed by atoms with van der Waals surface area (Å²) >= 11 is 13.2. The minimum atomic E-state index is -4.23. The molecule has 0 bridgehead atoms. The van der Waals surface area contributed by atoms with Crippen LogP contribution in [0.4, 0.5) is 30.6 Å². The number of carbonyl (C=O) groups excluding carboxylic acids is 2. The van der Waals surface area contributed by atoms with E-state index in [0.717, 1.165) is 0 Å². The molecule has 3 heterocycles. The highest BCUT2D eigenvalue weighted by Crippen LogP contribution is 2.38. The molecule has 1 saturated carbocycles. The number of carbonyl (C=O) groups is 2. The van der Waals surface area contributed by atoms with Gasteiger partial charge in [-0.1, -0.05) is 50.0 Å². The number of halogens is 5. The van der Waals surface area contributed by atoms with Crippen molar-refractivity contribution in [1.29, 1.82) is 0 Å². The first kappa shape index (κ1) is 33.1. The van der Waals surface area contributed by atoms with Gasteiger partial charge in [0.05, 0.1) is 40.4 Å². The molecule has 2 aromatic heterocycles. The molecule has 10 nitrogen and oxygen atoms in total. The van der Waals surface area contributed by atoms with Crippen LogP contribution in [-0.4, -0.2) is 65.3 Å². The second-order valence-corrected chi connectivity index (χ2v) is 13.2. The molecule has 0 radical (unpaired) electrons. The van der Waals surface area contributed by atoms with Gasteiger partial charge in [-0.3, -0.25) is 9.59 Å². The van der Waals surface area contributed by atoms with Crippen molar-refractivity contribution in [2.75, 3.05) is 36.5 Å². The van der Waals surface area contributed by atoms with Crippen molar-refractivity contribution in [1.82, 2.24) is 25.6 Å². The first-order valence-corrected chi connectivity index (χ1v) is 15.6. The largest absolute Gasteiger partial charge is 0.391 e. The van der Waals surface area contributed by atoms with E-state index in [0.29, 0.717) is 64.6 Å².